The van der Waals surface area contributed by atoms with E-state index in [-0.39, 0.29) is 11.2 Å². The first-order valence-corrected chi connectivity index (χ1v) is 10.9. The van der Waals surface area contributed by atoms with Crippen LogP contribution >= 0.6 is 0 Å². The van der Waals surface area contributed by atoms with E-state index in [0.29, 0.717) is 17.4 Å². The summed E-state index contributed by atoms with van der Waals surface area (Å²) in [6, 6.07) is 13.6. The van der Waals surface area contributed by atoms with Gasteiger partial charge in [0.25, 0.3) is 5.91 Å². The van der Waals surface area contributed by atoms with E-state index in [1.165, 1.54) is 0 Å². The summed E-state index contributed by atoms with van der Waals surface area (Å²) in [5.74, 6) is 0.780. The first-order chi connectivity index (χ1) is 15.9. The Labute approximate surface area is 191 Å². The van der Waals surface area contributed by atoms with E-state index in [2.05, 4.69) is 34.0 Å². The number of hydrogen-bond acceptors (Lipinski definition) is 6. The maximum absolute atomic E-state index is 12.2. The molecule has 0 atom stereocenters. The lowest BCUT2D eigenvalue weighted by atomic mass is 10.0. The number of rotatable bonds is 5. The maximum Gasteiger partial charge on any atom is 0.271 e. The number of carbonyl (C=O) groups is 1. The van der Waals surface area contributed by atoms with Crippen LogP contribution in [0.3, 0.4) is 0 Å². The number of nitrogens with two attached hydrogens (primary N) is 1. The van der Waals surface area contributed by atoms with Crippen LogP contribution in [-0.2, 0) is 0 Å². The fraction of sp³-hybridized carbons (Fsp3) is 0.280. The van der Waals surface area contributed by atoms with Crippen LogP contribution in [0.15, 0.2) is 53.1 Å². The normalized spacial score (nSPS) is 15.7. The number of anilines is 1. The molecule has 8 heteroatoms. The van der Waals surface area contributed by atoms with Gasteiger partial charge in [-0.1, -0.05) is 0 Å². The van der Waals surface area contributed by atoms with Gasteiger partial charge in [-0.3, -0.25) is 4.79 Å². The van der Waals surface area contributed by atoms with E-state index in [1.807, 2.05) is 48.7 Å². The van der Waals surface area contributed by atoms with Crippen molar-refractivity contribution < 1.29 is 13.9 Å². The standard InChI is InChI=1S/C25H27N5O3/c1-25(2)14-30(13-12-28-25)16-6-4-15(5-7-16)22-21(23(26)31)29-24(33-22)18-8-9-19(32-3)20-17(18)10-11-27-20/h4-11,27-28H,12-14H2,1-3H3,(H2,26,31). The summed E-state index contributed by atoms with van der Waals surface area (Å²) in [5, 5.41) is 4.41. The highest BCUT2D eigenvalue weighted by Crippen LogP contribution is 2.36. The molecule has 0 spiro atoms. The molecule has 1 aliphatic rings. The number of aromatic nitrogens is 2. The average Bonchev–Trinajstić information content (AvgIpc) is 3.46. The van der Waals surface area contributed by atoms with Gasteiger partial charge in [-0.25, -0.2) is 4.98 Å². The van der Waals surface area contributed by atoms with Crippen molar-refractivity contribution >= 4 is 22.5 Å². The highest BCUT2D eigenvalue weighted by atomic mass is 16.5. The number of carbonyl (C=O) groups excluding carboxylic acids is 1. The maximum atomic E-state index is 12.2. The molecule has 170 valence electrons. The molecule has 1 amide bonds. The topological polar surface area (TPSA) is 109 Å². The Morgan fingerprint density at radius 3 is 2.67 bits per heavy atom. The Hall–Kier alpha value is -3.78. The van der Waals surface area contributed by atoms with E-state index in [1.54, 1.807) is 7.11 Å². The third-order valence-corrected chi connectivity index (χ3v) is 6.06. The van der Waals surface area contributed by atoms with Gasteiger partial charge in [0.05, 0.1) is 12.6 Å². The average molecular weight is 446 g/mol. The van der Waals surface area contributed by atoms with E-state index < -0.39 is 5.91 Å². The third-order valence-electron chi connectivity index (χ3n) is 6.06. The zero-order valence-electron chi connectivity index (χ0n) is 18.9. The van der Waals surface area contributed by atoms with E-state index >= 15 is 0 Å². The van der Waals surface area contributed by atoms with Gasteiger partial charge in [0.15, 0.2) is 11.5 Å². The summed E-state index contributed by atoms with van der Waals surface area (Å²) in [5.41, 5.74) is 9.28. The van der Waals surface area contributed by atoms with Crippen molar-refractivity contribution in [1.29, 1.82) is 0 Å². The highest BCUT2D eigenvalue weighted by Gasteiger charge is 2.26. The van der Waals surface area contributed by atoms with Gasteiger partial charge < -0.3 is 30.1 Å². The molecule has 3 heterocycles. The van der Waals surface area contributed by atoms with Crippen molar-refractivity contribution in [3.05, 3.63) is 54.4 Å². The fourth-order valence-corrected chi connectivity index (χ4v) is 4.47. The minimum atomic E-state index is -0.633. The lowest BCUT2D eigenvalue weighted by Crippen LogP contribution is -2.57. The van der Waals surface area contributed by atoms with E-state index in [0.717, 1.165) is 47.4 Å². The van der Waals surface area contributed by atoms with Crippen LogP contribution in [0.2, 0.25) is 0 Å². The van der Waals surface area contributed by atoms with Gasteiger partial charge in [0.1, 0.15) is 5.75 Å². The largest absolute Gasteiger partial charge is 0.495 e. The number of H-pyrrole nitrogens is 1. The predicted octanol–water partition coefficient (Wildman–Crippen LogP) is 3.79. The molecule has 4 N–H and O–H groups in total. The number of fused-ring (bicyclic) bond motifs is 1. The molecule has 5 rings (SSSR count). The smallest absolute Gasteiger partial charge is 0.271 e. The second kappa shape index (κ2) is 7.97. The number of benzene rings is 2. The zero-order chi connectivity index (χ0) is 23.2. The molecule has 4 aromatic rings. The number of hydrogen-bond donors (Lipinski definition) is 3. The molecule has 33 heavy (non-hydrogen) atoms. The first-order valence-electron chi connectivity index (χ1n) is 10.9. The lowest BCUT2D eigenvalue weighted by Gasteiger charge is -2.40. The molecule has 0 unspecified atom stereocenters. The summed E-state index contributed by atoms with van der Waals surface area (Å²) in [7, 11) is 1.62. The lowest BCUT2D eigenvalue weighted by molar-refractivity contribution is 0.0996. The molecule has 0 radical (unpaired) electrons. The van der Waals surface area contributed by atoms with Crippen LogP contribution in [0.5, 0.6) is 5.75 Å². The number of piperazine rings is 1. The number of primary amides is 1. The van der Waals surface area contributed by atoms with Crippen LogP contribution in [0.25, 0.3) is 33.7 Å². The van der Waals surface area contributed by atoms with Crippen LogP contribution in [0.1, 0.15) is 24.3 Å². The van der Waals surface area contributed by atoms with Crippen LogP contribution < -0.4 is 20.7 Å². The first kappa shape index (κ1) is 21.1. The van der Waals surface area contributed by atoms with Gasteiger partial charge in [-0.05, 0) is 56.3 Å². The van der Waals surface area contributed by atoms with Gasteiger partial charge in [-0.15, -0.1) is 0 Å². The second-order valence-corrected chi connectivity index (χ2v) is 8.92. The van der Waals surface area contributed by atoms with Crippen molar-refractivity contribution in [3.8, 4) is 28.5 Å². The molecular formula is C25H27N5O3. The van der Waals surface area contributed by atoms with Crippen molar-refractivity contribution in [2.45, 2.75) is 19.4 Å². The number of nitrogens with one attached hydrogen (secondary N) is 2. The minimum Gasteiger partial charge on any atom is -0.495 e. The second-order valence-electron chi connectivity index (χ2n) is 8.92. The molecule has 1 saturated heterocycles. The van der Waals surface area contributed by atoms with Crippen LogP contribution in [0, 0.1) is 0 Å². The van der Waals surface area contributed by atoms with Crippen LogP contribution in [-0.4, -0.2) is 48.2 Å². The SMILES string of the molecule is COc1ccc(-c2nc(C(N)=O)c(-c3ccc(N4CCNC(C)(C)C4)cc3)o2)c2cc[nH]c12. The number of nitrogens with zero attached hydrogens (tertiary/aromatic N) is 2. The summed E-state index contributed by atoms with van der Waals surface area (Å²) in [4.78, 5) is 22.2. The van der Waals surface area contributed by atoms with Gasteiger partial charge in [0.2, 0.25) is 5.89 Å². The molecule has 2 aromatic carbocycles. The Morgan fingerprint density at radius 1 is 1.18 bits per heavy atom. The summed E-state index contributed by atoms with van der Waals surface area (Å²) in [6.45, 7) is 7.18. The summed E-state index contributed by atoms with van der Waals surface area (Å²) >= 11 is 0. The molecular weight excluding hydrogens is 418 g/mol. The molecule has 0 bridgehead atoms. The van der Waals surface area contributed by atoms with Gasteiger partial charge >= 0.3 is 0 Å². The van der Waals surface area contributed by atoms with Gasteiger partial charge in [-0.2, -0.15) is 0 Å². The van der Waals surface area contributed by atoms with Crippen molar-refractivity contribution in [2.24, 2.45) is 5.73 Å². The molecule has 0 saturated carbocycles. The molecule has 2 aromatic heterocycles. The van der Waals surface area contributed by atoms with Crippen molar-refractivity contribution in [1.82, 2.24) is 15.3 Å². The minimum absolute atomic E-state index is 0.0534. The van der Waals surface area contributed by atoms with E-state index in [4.69, 9.17) is 14.9 Å². The molecule has 8 nitrogen and oxygen atoms in total. The monoisotopic (exact) mass is 445 g/mol. The Bertz CT molecular complexity index is 1320. The number of oxazole rings is 1. The predicted molar refractivity (Wildman–Crippen MR) is 129 cm³/mol. The van der Waals surface area contributed by atoms with Crippen molar-refractivity contribution in [3.63, 3.8) is 0 Å². The number of ether oxygens (including phenoxy) is 1. The summed E-state index contributed by atoms with van der Waals surface area (Å²) in [6.07, 6.45) is 1.83. The quantitative estimate of drug-likeness (QED) is 0.431. The Kier molecular flexibility index (Phi) is 5.09. The van der Waals surface area contributed by atoms with E-state index in [9.17, 15) is 4.79 Å². The fourth-order valence-electron chi connectivity index (χ4n) is 4.47. The molecule has 0 aliphatic carbocycles. The zero-order valence-corrected chi connectivity index (χ0v) is 18.9. The Balaban J connectivity index is 1.52. The highest BCUT2D eigenvalue weighted by molar-refractivity contribution is 6.00. The van der Waals surface area contributed by atoms with Crippen molar-refractivity contribution in [2.75, 3.05) is 31.6 Å². The summed E-state index contributed by atoms with van der Waals surface area (Å²) < 4.78 is 11.6. The van der Waals surface area contributed by atoms with Crippen LogP contribution in [0.4, 0.5) is 5.69 Å². The Morgan fingerprint density at radius 2 is 1.97 bits per heavy atom. The number of aromatic amines is 1. The molecule has 1 aliphatic heterocycles. The number of methoxy groups -OCH3 is 1. The van der Waals surface area contributed by atoms with Gasteiger partial charge in [0, 0.05) is 53.6 Å². The molecule has 1 fully saturated rings. The number of amides is 1. The third kappa shape index (κ3) is 3.82.